The van der Waals surface area contributed by atoms with Crippen LogP contribution < -0.4 is 9.47 Å². The highest BCUT2D eigenvalue weighted by molar-refractivity contribution is 5.79. The summed E-state index contributed by atoms with van der Waals surface area (Å²) in [6.45, 7) is 12.6. The van der Waals surface area contributed by atoms with E-state index in [9.17, 15) is 4.79 Å². The van der Waals surface area contributed by atoms with Gasteiger partial charge in [0.15, 0.2) is 11.5 Å². The van der Waals surface area contributed by atoms with Crippen LogP contribution in [0.1, 0.15) is 46.4 Å². The lowest BCUT2D eigenvalue weighted by atomic mass is 9.94. The molecule has 1 aromatic carbocycles. The molecule has 0 N–H and O–H groups in total. The fourth-order valence-corrected chi connectivity index (χ4v) is 4.34. The van der Waals surface area contributed by atoms with Gasteiger partial charge in [-0.2, -0.15) is 4.98 Å². The summed E-state index contributed by atoms with van der Waals surface area (Å²) >= 11 is 0. The van der Waals surface area contributed by atoms with Gasteiger partial charge in [-0.15, -0.1) is 0 Å². The van der Waals surface area contributed by atoms with Crippen LogP contribution in [0.2, 0.25) is 0 Å². The first kappa shape index (κ1) is 25.0. The van der Waals surface area contributed by atoms with Crippen LogP contribution in [0, 0.1) is 17.8 Å². The first-order chi connectivity index (χ1) is 15.8. The number of amides is 1. The Kier molecular flexibility index (Phi) is 8.72. The quantitative estimate of drug-likeness (QED) is 0.530. The van der Waals surface area contributed by atoms with E-state index in [1.165, 1.54) is 0 Å². The van der Waals surface area contributed by atoms with Crippen LogP contribution in [0.3, 0.4) is 0 Å². The summed E-state index contributed by atoms with van der Waals surface area (Å²) in [4.78, 5) is 22.1. The lowest BCUT2D eigenvalue weighted by Gasteiger charge is -2.35. The summed E-state index contributed by atoms with van der Waals surface area (Å²) in [5.74, 6) is 3.74. The van der Waals surface area contributed by atoms with Crippen molar-refractivity contribution in [3.8, 4) is 22.9 Å². The zero-order valence-electron chi connectivity index (χ0n) is 20.8. The molecule has 1 aliphatic heterocycles. The van der Waals surface area contributed by atoms with Gasteiger partial charge in [0.1, 0.15) is 0 Å². The highest BCUT2D eigenvalue weighted by Gasteiger charge is 2.29. The summed E-state index contributed by atoms with van der Waals surface area (Å²) in [5, 5.41) is 4.13. The van der Waals surface area contributed by atoms with Crippen LogP contribution in [-0.4, -0.2) is 66.2 Å². The van der Waals surface area contributed by atoms with Gasteiger partial charge in [-0.3, -0.25) is 9.69 Å². The fraction of sp³-hybridized carbons (Fsp3) is 0.640. The van der Waals surface area contributed by atoms with E-state index < -0.39 is 0 Å². The summed E-state index contributed by atoms with van der Waals surface area (Å²) in [7, 11) is 3.20. The van der Waals surface area contributed by atoms with Crippen molar-refractivity contribution in [2.75, 3.05) is 40.4 Å². The fourth-order valence-electron chi connectivity index (χ4n) is 4.34. The van der Waals surface area contributed by atoms with E-state index in [2.05, 4.69) is 47.6 Å². The van der Waals surface area contributed by atoms with E-state index in [0.29, 0.717) is 47.5 Å². The van der Waals surface area contributed by atoms with Gasteiger partial charge in [0.25, 0.3) is 0 Å². The first-order valence-electron chi connectivity index (χ1n) is 11.9. The molecule has 3 rings (SSSR count). The number of ether oxygens (including phenoxy) is 2. The number of hydrogen-bond donors (Lipinski definition) is 0. The Morgan fingerprint density at radius 2 is 1.73 bits per heavy atom. The maximum atomic E-state index is 13.1. The summed E-state index contributed by atoms with van der Waals surface area (Å²) in [6, 6.07) is 5.55. The van der Waals surface area contributed by atoms with Crippen LogP contribution in [0.15, 0.2) is 22.7 Å². The largest absolute Gasteiger partial charge is 0.493 e. The van der Waals surface area contributed by atoms with Gasteiger partial charge in [-0.1, -0.05) is 32.9 Å². The van der Waals surface area contributed by atoms with Crippen LogP contribution in [0.4, 0.5) is 0 Å². The maximum absolute atomic E-state index is 13.1. The molecular formula is C25H38N4O4. The number of nitrogens with zero attached hydrogens (tertiary/aromatic N) is 4. The number of benzene rings is 1. The van der Waals surface area contributed by atoms with Crippen molar-refractivity contribution in [2.24, 2.45) is 17.8 Å². The standard InChI is InChI=1S/C25H38N4O4/c1-17(2)14-29(15-18(3)4)25(30)19-9-11-28(12-10-19)16-23-26-24(27-33-23)20-7-8-21(31-5)22(13-20)32-6/h7-8,13,17-19H,9-12,14-16H2,1-6H3. The third kappa shape index (κ3) is 6.69. The SMILES string of the molecule is COc1ccc(-c2noc(CN3CCC(C(=O)N(CC(C)C)CC(C)C)CC3)n2)cc1OC. The molecule has 0 spiro atoms. The molecule has 1 fully saturated rings. The minimum atomic E-state index is 0.101. The number of piperidine rings is 1. The lowest BCUT2D eigenvalue weighted by molar-refractivity contribution is -0.138. The molecule has 0 unspecified atom stereocenters. The molecule has 1 saturated heterocycles. The van der Waals surface area contributed by atoms with E-state index in [4.69, 9.17) is 14.0 Å². The van der Waals surface area contributed by atoms with E-state index in [1.807, 2.05) is 18.2 Å². The lowest BCUT2D eigenvalue weighted by Crippen LogP contribution is -2.44. The number of methoxy groups -OCH3 is 2. The van der Waals surface area contributed by atoms with Gasteiger partial charge in [-0.05, 0) is 56.0 Å². The Hall–Kier alpha value is -2.61. The minimum Gasteiger partial charge on any atom is -0.493 e. The van der Waals surface area contributed by atoms with Crippen molar-refractivity contribution in [1.29, 1.82) is 0 Å². The van der Waals surface area contributed by atoms with Gasteiger partial charge in [0.05, 0.1) is 20.8 Å². The predicted octanol–water partition coefficient (Wildman–Crippen LogP) is 4.11. The van der Waals surface area contributed by atoms with Gasteiger partial charge in [0, 0.05) is 24.6 Å². The molecule has 2 heterocycles. The highest BCUT2D eigenvalue weighted by atomic mass is 16.5. The van der Waals surface area contributed by atoms with E-state index in [0.717, 1.165) is 44.6 Å². The number of rotatable bonds is 10. The zero-order valence-corrected chi connectivity index (χ0v) is 20.8. The molecule has 0 radical (unpaired) electrons. The molecule has 33 heavy (non-hydrogen) atoms. The van der Waals surface area contributed by atoms with Crippen molar-refractivity contribution in [3.05, 3.63) is 24.1 Å². The molecule has 2 aromatic rings. The first-order valence-corrected chi connectivity index (χ1v) is 11.9. The Balaban J connectivity index is 1.56. The molecule has 0 bridgehead atoms. The smallest absolute Gasteiger partial charge is 0.241 e. The second-order valence-electron chi connectivity index (χ2n) is 9.66. The summed E-state index contributed by atoms with van der Waals surface area (Å²) in [5.41, 5.74) is 0.808. The number of likely N-dealkylation sites (tertiary alicyclic amines) is 1. The van der Waals surface area contributed by atoms with Gasteiger partial charge in [0.2, 0.25) is 17.6 Å². The molecule has 0 saturated carbocycles. The van der Waals surface area contributed by atoms with Crippen LogP contribution in [-0.2, 0) is 11.3 Å². The summed E-state index contributed by atoms with van der Waals surface area (Å²) < 4.78 is 16.2. The maximum Gasteiger partial charge on any atom is 0.241 e. The molecule has 182 valence electrons. The van der Waals surface area contributed by atoms with Crippen molar-refractivity contribution in [1.82, 2.24) is 19.9 Å². The Bertz CT molecular complexity index is 894. The van der Waals surface area contributed by atoms with Crippen molar-refractivity contribution in [3.63, 3.8) is 0 Å². The number of carbonyl (C=O) groups is 1. The third-order valence-electron chi connectivity index (χ3n) is 5.89. The number of carbonyl (C=O) groups excluding carboxylic acids is 1. The molecule has 0 atom stereocenters. The molecule has 8 nitrogen and oxygen atoms in total. The van der Waals surface area contributed by atoms with Crippen LogP contribution >= 0.6 is 0 Å². The second-order valence-corrected chi connectivity index (χ2v) is 9.66. The second kappa shape index (κ2) is 11.5. The highest BCUT2D eigenvalue weighted by Crippen LogP contribution is 2.31. The molecule has 1 aromatic heterocycles. The molecule has 8 heteroatoms. The molecular weight excluding hydrogens is 420 g/mol. The zero-order chi connectivity index (χ0) is 24.0. The van der Waals surface area contributed by atoms with Crippen molar-refractivity contribution >= 4 is 5.91 Å². The molecule has 0 aliphatic carbocycles. The average Bonchev–Trinajstić information content (AvgIpc) is 3.26. The Morgan fingerprint density at radius 1 is 1.09 bits per heavy atom. The van der Waals surface area contributed by atoms with E-state index >= 15 is 0 Å². The van der Waals surface area contributed by atoms with Gasteiger partial charge < -0.3 is 18.9 Å². The van der Waals surface area contributed by atoms with Crippen LogP contribution in [0.5, 0.6) is 11.5 Å². The monoisotopic (exact) mass is 458 g/mol. The van der Waals surface area contributed by atoms with Gasteiger partial charge >= 0.3 is 0 Å². The third-order valence-corrected chi connectivity index (χ3v) is 5.89. The van der Waals surface area contributed by atoms with Crippen molar-refractivity contribution in [2.45, 2.75) is 47.1 Å². The normalized spacial score (nSPS) is 15.3. The molecule has 1 aliphatic rings. The molecule has 1 amide bonds. The van der Waals surface area contributed by atoms with Gasteiger partial charge in [-0.25, -0.2) is 0 Å². The van der Waals surface area contributed by atoms with Crippen molar-refractivity contribution < 1.29 is 18.8 Å². The Morgan fingerprint density at radius 3 is 2.30 bits per heavy atom. The van der Waals surface area contributed by atoms with Crippen LogP contribution in [0.25, 0.3) is 11.4 Å². The van der Waals surface area contributed by atoms with E-state index in [1.54, 1.807) is 14.2 Å². The topological polar surface area (TPSA) is 80.9 Å². The van der Waals surface area contributed by atoms with E-state index in [-0.39, 0.29) is 5.92 Å². The summed E-state index contributed by atoms with van der Waals surface area (Å²) in [6.07, 6.45) is 1.73. The average molecular weight is 459 g/mol. The predicted molar refractivity (Wildman–Crippen MR) is 127 cm³/mol. The minimum absolute atomic E-state index is 0.101. The number of hydrogen-bond acceptors (Lipinski definition) is 7. The Labute approximate surface area is 197 Å². The number of aromatic nitrogens is 2.